The molecule has 9 heteroatoms. The molecule has 2 N–H and O–H groups in total. The normalized spacial score (nSPS) is 15.7. The Bertz CT molecular complexity index is 705. The van der Waals surface area contributed by atoms with Crippen molar-refractivity contribution in [2.24, 2.45) is 10.9 Å². The number of nitrogens with one attached hydrogen (secondary N) is 2. The molecular weight excluding hydrogens is 385 g/mol. The van der Waals surface area contributed by atoms with Gasteiger partial charge in [0.1, 0.15) is 11.6 Å². The zero-order chi connectivity index (χ0) is 21.4. The minimum absolute atomic E-state index is 0.0242. The van der Waals surface area contributed by atoms with Crippen molar-refractivity contribution in [3.63, 3.8) is 0 Å². The van der Waals surface area contributed by atoms with Gasteiger partial charge in [0.15, 0.2) is 5.96 Å². The van der Waals surface area contributed by atoms with Crippen LogP contribution < -0.4 is 15.4 Å². The van der Waals surface area contributed by atoms with Crippen LogP contribution in [0, 0.1) is 11.7 Å². The van der Waals surface area contributed by atoms with E-state index < -0.39 is 12.4 Å². The van der Waals surface area contributed by atoms with Crippen molar-refractivity contribution in [1.82, 2.24) is 15.5 Å². The molecule has 0 spiro atoms. The van der Waals surface area contributed by atoms with Crippen LogP contribution in [0.3, 0.4) is 0 Å². The largest absolute Gasteiger partial charge is 0.434 e. The summed E-state index contributed by atoms with van der Waals surface area (Å²) in [6.07, 6.45) is 1.53. The number of carbonyl (C=O) groups is 1. The summed E-state index contributed by atoms with van der Waals surface area (Å²) >= 11 is 0. The highest BCUT2D eigenvalue weighted by Crippen LogP contribution is 2.24. The number of halogens is 3. The van der Waals surface area contributed by atoms with E-state index in [1.54, 1.807) is 0 Å². The third kappa shape index (κ3) is 6.83. The zero-order valence-electron chi connectivity index (χ0n) is 17.1. The molecule has 1 heterocycles. The topological polar surface area (TPSA) is 66.0 Å². The fourth-order valence-electron chi connectivity index (χ4n) is 3.18. The smallest absolute Gasteiger partial charge is 0.387 e. The monoisotopic (exact) mass is 414 g/mol. The fraction of sp³-hybridized carbons (Fsp3) is 0.600. The summed E-state index contributed by atoms with van der Waals surface area (Å²) in [7, 11) is 0. The molecule has 0 bridgehead atoms. The van der Waals surface area contributed by atoms with Crippen LogP contribution in [0.4, 0.5) is 13.2 Å². The SMILES string of the molecule is CCNC(=NCc1c(F)cccc1OC(F)F)NC1CCN(C(=O)C(C)C)CC1. The lowest BCUT2D eigenvalue weighted by Gasteiger charge is -2.34. The first-order valence-corrected chi connectivity index (χ1v) is 9.87. The van der Waals surface area contributed by atoms with Gasteiger partial charge < -0.3 is 20.3 Å². The molecule has 1 fully saturated rings. The molecule has 29 heavy (non-hydrogen) atoms. The van der Waals surface area contributed by atoms with Gasteiger partial charge in [-0.1, -0.05) is 19.9 Å². The predicted octanol–water partition coefficient (Wildman–Crippen LogP) is 3.13. The Morgan fingerprint density at radius 1 is 1.31 bits per heavy atom. The molecular formula is C20H29F3N4O2. The number of rotatable bonds is 7. The molecule has 1 amide bonds. The van der Waals surface area contributed by atoms with Crippen LogP contribution in [0.2, 0.25) is 0 Å². The van der Waals surface area contributed by atoms with Gasteiger partial charge in [-0.3, -0.25) is 4.79 Å². The molecule has 1 aliphatic rings. The first kappa shape index (κ1) is 22.8. The molecule has 1 saturated heterocycles. The lowest BCUT2D eigenvalue weighted by Crippen LogP contribution is -2.50. The predicted molar refractivity (Wildman–Crippen MR) is 105 cm³/mol. The minimum atomic E-state index is -3.04. The number of aliphatic imine (C=N–C) groups is 1. The van der Waals surface area contributed by atoms with E-state index in [1.165, 1.54) is 18.2 Å². The van der Waals surface area contributed by atoms with Crippen LogP contribution >= 0.6 is 0 Å². The maximum absolute atomic E-state index is 14.1. The summed E-state index contributed by atoms with van der Waals surface area (Å²) in [5.74, 6) is -0.283. The van der Waals surface area contributed by atoms with Crippen molar-refractivity contribution in [2.75, 3.05) is 19.6 Å². The number of benzene rings is 1. The third-order valence-electron chi connectivity index (χ3n) is 4.67. The first-order chi connectivity index (χ1) is 13.8. The van der Waals surface area contributed by atoms with E-state index in [2.05, 4.69) is 20.4 Å². The van der Waals surface area contributed by atoms with Gasteiger partial charge in [-0.15, -0.1) is 0 Å². The average molecular weight is 414 g/mol. The summed E-state index contributed by atoms with van der Waals surface area (Å²) in [4.78, 5) is 18.3. The molecule has 0 saturated carbocycles. The number of hydrogen-bond acceptors (Lipinski definition) is 3. The van der Waals surface area contributed by atoms with Crippen LogP contribution in [0.15, 0.2) is 23.2 Å². The number of carbonyl (C=O) groups excluding carboxylic acids is 1. The third-order valence-corrected chi connectivity index (χ3v) is 4.67. The number of alkyl halides is 2. The summed E-state index contributed by atoms with van der Waals surface area (Å²) in [5, 5.41) is 6.36. The van der Waals surface area contributed by atoms with Crippen molar-refractivity contribution in [3.05, 3.63) is 29.6 Å². The Kier molecular flexibility index (Phi) is 8.60. The number of ether oxygens (including phenoxy) is 1. The Labute approximate surface area is 169 Å². The number of hydrogen-bond donors (Lipinski definition) is 2. The summed E-state index contributed by atoms with van der Waals surface area (Å²) in [5.41, 5.74) is -0.0256. The second-order valence-electron chi connectivity index (χ2n) is 7.19. The number of amides is 1. The molecule has 1 aromatic rings. The van der Waals surface area contributed by atoms with Crippen molar-refractivity contribution in [3.8, 4) is 5.75 Å². The highest BCUT2D eigenvalue weighted by Gasteiger charge is 2.24. The van der Waals surface area contributed by atoms with E-state index in [0.717, 1.165) is 12.8 Å². The minimum Gasteiger partial charge on any atom is -0.434 e. The number of piperidine rings is 1. The van der Waals surface area contributed by atoms with Crippen LogP contribution in [0.25, 0.3) is 0 Å². The molecule has 0 aromatic heterocycles. The van der Waals surface area contributed by atoms with E-state index >= 15 is 0 Å². The average Bonchev–Trinajstić information content (AvgIpc) is 2.67. The van der Waals surface area contributed by atoms with E-state index in [-0.39, 0.29) is 35.7 Å². The molecule has 0 aliphatic carbocycles. The van der Waals surface area contributed by atoms with Crippen LogP contribution in [-0.4, -0.2) is 49.1 Å². The molecule has 1 aliphatic heterocycles. The Morgan fingerprint density at radius 3 is 2.59 bits per heavy atom. The molecule has 6 nitrogen and oxygen atoms in total. The van der Waals surface area contributed by atoms with E-state index in [4.69, 9.17) is 0 Å². The Hall–Kier alpha value is -2.45. The van der Waals surface area contributed by atoms with Gasteiger partial charge >= 0.3 is 6.61 Å². The van der Waals surface area contributed by atoms with E-state index in [0.29, 0.717) is 25.6 Å². The van der Waals surface area contributed by atoms with Crippen LogP contribution in [-0.2, 0) is 11.3 Å². The van der Waals surface area contributed by atoms with Crippen molar-refractivity contribution >= 4 is 11.9 Å². The first-order valence-electron chi connectivity index (χ1n) is 9.87. The van der Waals surface area contributed by atoms with Gasteiger partial charge in [-0.05, 0) is 31.9 Å². The maximum atomic E-state index is 14.1. The second-order valence-corrected chi connectivity index (χ2v) is 7.19. The molecule has 162 valence electrons. The van der Waals surface area contributed by atoms with E-state index in [9.17, 15) is 18.0 Å². The fourth-order valence-corrected chi connectivity index (χ4v) is 3.18. The number of likely N-dealkylation sites (tertiary alicyclic amines) is 1. The quantitative estimate of drug-likeness (QED) is 0.532. The highest BCUT2D eigenvalue weighted by molar-refractivity contribution is 5.80. The zero-order valence-corrected chi connectivity index (χ0v) is 17.1. The summed E-state index contributed by atoms with van der Waals surface area (Å²) in [6, 6.07) is 3.91. The number of nitrogens with zero attached hydrogens (tertiary/aromatic N) is 2. The highest BCUT2D eigenvalue weighted by atomic mass is 19.3. The van der Waals surface area contributed by atoms with Gasteiger partial charge in [-0.2, -0.15) is 8.78 Å². The molecule has 0 atom stereocenters. The maximum Gasteiger partial charge on any atom is 0.387 e. The summed E-state index contributed by atoms with van der Waals surface area (Å²) in [6.45, 7) is 4.40. The summed E-state index contributed by atoms with van der Waals surface area (Å²) < 4.78 is 43.6. The molecule has 0 radical (unpaired) electrons. The van der Waals surface area contributed by atoms with Gasteiger partial charge in [-0.25, -0.2) is 9.38 Å². The molecule has 1 aromatic carbocycles. The standard InChI is InChI=1S/C20H29F3N4O2/c1-4-24-20(26-14-8-10-27(11-9-14)18(28)13(2)3)25-12-15-16(21)6-5-7-17(15)29-19(22)23/h5-7,13-14,19H,4,8-12H2,1-3H3,(H2,24,25,26). The lowest BCUT2D eigenvalue weighted by molar-refractivity contribution is -0.135. The Balaban J connectivity index is 2.02. The molecule has 0 unspecified atom stereocenters. The molecule has 2 rings (SSSR count). The lowest BCUT2D eigenvalue weighted by atomic mass is 10.0. The van der Waals surface area contributed by atoms with Gasteiger partial charge in [0, 0.05) is 31.6 Å². The second kappa shape index (κ2) is 10.9. The van der Waals surface area contributed by atoms with E-state index in [1.807, 2.05) is 25.7 Å². The van der Waals surface area contributed by atoms with Gasteiger partial charge in [0.05, 0.1) is 12.1 Å². The van der Waals surface area contributed by atoms with Crippen molar-refractivity contribution < 1.29 is 22.7 Å². The van der Waals surface area contributed by atoms with Crippen molar-refractivity contribution in [1.29, 1.82) is 0 Å². The van der Waals surface area contributed by atoms with Gasteiger partial charge in [0.25, 0.3) is 0 Å². The van der Waals surface area contributed by atoms with Crippen molar-refractivity contribution in [2.45, 2.75) is 52.8 Å². The van der Waals surface area contributed by atoms with Crippen LogP contribution in [0.1, 0.15) is 39.2 Å². The Morgan fingerprint density at radius 2 is 2.00 bits per heavy atom. The van der Waals surface area contributed by atoms with Gasteiger partial charge in [0.2, 0.25) is 5.91 Å². The van der Waals surface area contributed by atoms with Crippen LogP contribution in [0.5, 0.6) is 5.75 Å². The number of guanidine groups is 1.